The summed E-state index contributed by atoms with van der Waals surface area (Å²) in [5.41, 5.74) is 0.197. The van der Waals surface area contributed by atoms with Gasteiger partial charge in [-0.2, -0.15) is 13.2 Å². The Hall–Kier alpha value is -2.84. The van der Waals surface area contributed by atoms with E-state index >= 15 is 0 Å². The first-order chi connectivity index (χ1) is 14.2. The summed E-state index contributed by atoms with van der Waals surface area (Å²) >= 11 is 0. The number of hydrogen-bond donors (Lipinski definition) is 1. The van der Waals surface area contributed by atoms with E-state index in [0.29, 0.717) is 24.7 Å². The Morgan fingerprint density at radius 2 is 2.07 bits per heavy atom. The number of alkyl halides is 3. The average Bonchev–Trinajstić information content (AvgIpc) is 2.70. The monoisotopic (exact) mass is 422 g/mol. The number of ether oxygens (including phenoxy) is 1. The zero-order chi connectivity index (χ0) is 21.9. The van der Waals surface area contributed by atoms with Gasteiger partial charge in [0.1, 0.15) is 5.82 Å². The van der Waals surface area contributed by atoms with E-state index in [1.807, 2.05) is 20.8 Å². The predicted molar refractivity (Wildman–Crippen MR) is 107 cm³/mol. The summed E-state index contributed by atoms with van der Waals surface area (Å²) in [6.07, 6.45) is -2.09. The molecule has 1 aliphatic heterocycles. The minimum Gasteiger partial charge on any atom is -0.491 e. The highest BCUT2D eigenvalue weighted by molar-refractivity contribution is 5.95. The fourth-order valence-corrected chi connectivity index (χ4v) is 3.56. The number of halogens is 3. The quantitative estimate of drug-likeness (QED) is 0.778. The van der Waals surface area contributed by atoms with Crippen LogP contribution >= 0.6 is 0 Å². The van der Waals surface area contributed by atoms with Gasteiger partial charge in [-0.1, -0.05) is 0 Å². The van der Waals surface area contributed by atoms with Crippen molar-refractivity contribution < 1.29 is 22.7 Å². The molecule has 1 N–H and O–H groups in total. The lowest BCUT2D eigenvalue weighted by Gasteiger charge is -2.40. The van der Waals surface area contributed by atoms with Crippen LogP contribution in [0.2, 0.25) is 0 Å². The first kappa shape index (κ1) is 21.9. The predicted octanol–water partition coefficient (Wildman–Crippen LogP) is 4.31. The number of rotatable bonds is 5. The normalized spacial score (nSPS) is 19.5. The van der Waals surface area contributed by atoms with Crippen molar-refractivity contribution in [1.29, 1.82) is 0 Å². The third-order valence-corrected chi connectivity index (χ3v) is 5.17. The Kier molecular flexibility index (Phi) is 6.48. The second-order valence-corrected chi connectivity index (χ2v) is 7.29. The number of nitrogens with zero attached hydrogens (tertiary/aromatic N) is 3. The van der Waals surface area contributed by atoms with E-state index < -0.39 is 11.7 Å². The van der Waals surface area contributed by atoms with E-state index in [0.717, 1.165) is 30.8 Å². The maximum Gasteiger partial charge on any atom is 0.417 e. The Bertz CT molecular complexity index is 887. The van der Waals surface area contributed by atoms with Crippen LogP contribution in [0.5, 0.6) is 5.75 Å². The third-order valence-electron chi connectivity index (χ3n) is 5.17. The van der Waals surface area contributed by atoms with E-state index in [1.165, 1.54) is 6.07 Å². The topological polar surface area (TPSA) is 67.3 Å². The molecule has 30 heavy (non-hydrogen) atoms. The van der Waals surface area contributed by atoms with Crippen LogP contribution in [0, 0.1) is 6.92 Å². The maximum atomic E-state index is 13.2. The van der Waals surface area contributed by atoms with Gasteiger partial charge in [0.25, 0.3) is 5.91 Å². The summed E-state index contributed by atoms with van der Waals surface area (Å²) in [4.78, 5) is 23.2. The van der Waals surface area contributed by atoms with Crippen molar-refractivity contribution in [3.8, 4) is 5.75 Å². The molecule has 2 aromatic rings. The van der Waals surface area contributed by atoms with Crippen LogP contribution in [-0.2, 0) is 6.18 Å². The van der Waals surface area contributed by atoms with E-state index in [4.69, 9.17) is 4.74 Å². The molecular weight excluding hydrogens is 397 g/mol. The SMILES string of the molecule is CCOc1ccc(C)nc1C(=O)N1CCCC(Nc2ccc(C(F)(F)F)cn2)C1C. The summed E-state index contributed by atoms with van der Waals surface area (Å²) in [6.45, 7) is 6.56. The van der Waals surface area contributed by atoms with Crippen LogP contribution in [0.15, 0.2) is 30.5 Å². The van der Waals surface area contributed by atoms with E-state index in [1.54, 1.807) is 17.0 Å². The summed E-state index contributed by atoms with van der Waals surface area (Å²) in [5, 5.41) is 3.17. The molecule has 6 nitrogen and oxygen atoms in total. The zero-order valence-electron chi connectivity index (χ0n) is 17.2. The number of pyridine rings is 2. The Labute approximate surface area is 173 Å². The van der Waals surface area contributed by atoms with Crippen LogP contribution in [0.4, 0.5) is 19.0 Å². The number of hydrogen-bond acceptors (Lipinski definition) is 5. The van der Waals surface area contributed by atoms with Gasteiger partial charge in [0, 0.05) is 30.5 Å². The number of carbonyl (C=O) groups excluding carboxylic acids is 1. The van der Waals surface area contributed by atoms with Gasteiger partial charge in [0.05, 0.1) is 12.2 Å². The molecule has 0 radical (unpaired) electrons. The molecule has 3 heterocycles. The molecule has 0 aromatic carbocycles. The number of likely N-dealkylation sites (tertiary alicyclic amines) is 1. The van der Waals surface area contributed by atoms with Crippen LogP contribution in [-0.4, -0.2) is 46.0 Å². The van der Waals surface area contributed by atoms with Gasteiger partial charge >= 0.3 is 6.18 Å². The largest absolute Gasteiger partial charge is 0.491 e. The average molecular weight is 422 g/mol. The Morgan fingerprint density at radius 1 is 1.30 bits per heavy atom. The van der Waals surface area contributed by atoms with Crippen LogP contribution in [0.3, 0.4) is 0 Å². The van der Waals surface area contributed by atoms with Crippen LogP contribution in [0.25, 0.3) is 0 Å². The number of nitrogens with one attached hydrogen (secondary N) is 1. The number of anilines is 1. The van der Waals surface area contributed by atoms with Crippen molar-refractivity contribution >= 4 is 11.7 Å². The highest BCUT2D eigenvalue weighted by Gasteiger charge is 2.34. The number of aromatic nitrogens is 2. The second-order valence-electron chi connectivity index (χ2n) is 7.29. The fourth-order valence-electron chi connectivity index (χ4n) is 3.56. The second kappa shape index (κ2) is 8.89. The molecule has 1 aliphatic rings. The van der Waals surface area contributed by atoms with Crippen molar-refractivity contribution in [1.82, 2.24) is 14.9 Å². The standard InChI is InChI=1S/C21H25F3N4O2/c1-4-30-17-9-7-13(2)26-19(17)20(29)28-11-5-6-16(14(28)3)27-18-10-8-15(12-25-18)21(22,23)24/h7-10,12,14,16H,4-6,11H2,1-3H3,(H,25,27). The molecule has 2 atom stereocenters. The summed E-state index contributed by atoms with van der Waals surface area (Å²) in [6, 6.07) is 5.50. The molecule has 1 fully saturated rings. The van der Waals surface area contributed by atoms with E-state index in [-0.39, 0.29) is 23.7 Å². The number of amides is 1. The lowest BCUT2D eigenvalue weighted by atomic mass is 9.96. The fraction of sp³-hybridized carbons (Fsp3) is 0.476. The molecule has 2 aromatic heterocycles. The van der Waals surface area contributed by atoms with E-state index in [2.05, 4.69) is 15.3 Å². The molecule has 0 aliphatic carbocycles. The maximum absolute atomic E-state index is 13.2. The lowest BCUT2D eigenvalue weighted by molar-refractivity contribution is -0.137. The van der Waals surface area contributed by atoms with Gasteiger partial charge in [-0.25, -0.2) is 9.97 Å². The number of piperidine rings is 1. The first-order valence-electron chi connectivity index (χ1n) is 9.92. The Morgan fingerprint density at radius 3 is 2.70 bits per heavy atom. The molecule has 3 rings (SSSR count). The zero-order valence-corrected chi connectivity index (χ0v) is 17.2. The molecular formula is C21H25F3N4O2. The van der Waals surface area contributed by atoms with Gasteiger partial charge in [-0.05, 0) is 57.9 Å². The summed E-state index contributed by atoms with van der Waals surface area (Å²) < 4.78 is 43.8. The highest BCUT2D eigenvalue weighted by atomic mass is 19.4. The van der Waals surface area contributed by atoms with Crippen molar-refractivity contribution in [2.45, 2.75) is 51.9 Å². The molecule has 9 heteroatoms. The van der Waals surface area contributed by atoms with Crippen molar-refractivity contribution in [3.63, 3.8) is 0 Å². The van der Waals surface area contributed by atoms with Gasteiger partial charge in [0.2, 0.25) is 0 Å². The first-order valence-corrected chi connectivity index (χ1v) is 9.92. The highest BCUT2D eigenvalue weighted by Crippen LogP contribution is 2.30. The third kappa shape index (κ3) is 4.83. The van der Waals surface area contributed by atoms with Crippen LogP contribution < -0.4 is 10.1 Å². The number of aryl methyl sites for hydroxylation is 1. The molecule has 1 saturated heterocycles. The van der Waals surface area contributed by atoms with E-state index in [9.17, 15) is 18.0 Å². The molecule has 2 unspecified atom stereocenters. The molecule has 162 valence electrons. The van der Waals surface area contributed by atoms with Crippen molar-refractivity contribution in [2.75, 3.05) is 18.5 Å². The molecule has 0 spiro atoms. The van der Waals surface area contributed by atoms with Gasteiger partial charge < -0.3 is 15.0 Å². The van der Waals surface area contributed by atoms with Crippen molar-refractivity contribution in [3.05, 3.63) is 47.4 Å². The van der Waals surface area contributed by atoms with Crippen LogP contribution in [0.1, 0.15) is 48.4 Å². The van der Waals surface area contributed by atoms with Gasteiger partial charge in [-0.3, -0.25) is 4.79 Å². The Balaban J connectivity index is 1.76. The van der Waals surface area contributed by atoms with Gasteiger partial charge in [-0.15, -0.1) is 0 Å². The minimum absolute atomic E-state index is 0.146. The van der Waals surface area contributed by atoms with Crippen molar-refractivity contribution in [2.24, 2.45) is 0 Å². The molecule has 1 amide bonds. The smallest absolute Gasteiger partial charge is 0.417 e. The molecule has 0 saturated carbocycles. The number of carbonyl (C=O) groups is 1. The van der Waals surface area contributed by atoms with Gasteiger partial charge in [0.15, 0.2) is 11.4 Å². The lowest BCUT2D eigenvalue weighted by Crippen LogP contribution is -2.52. The minimum atomic E-state index is -4.42. The summed E-state index contributed by atoms with van der Waals surface area (Å²) in [5.74, 6) is 0.569. The molecule has 0 bridgehead atoms. The summed E-state index contributed by atoms with van der Waals surface area (Å²) in [7, 11) is 0.